The van der Waals surface area contributed by atoms with Gasteiger partial charge in [0.25, 0.3) is 0 Å². The molecule has 2 aromatic heterocycles. The summed E-state index contributed by atoms with van der Waals surface area (Å²) in [6.07, 6.45) is 2.02. The maximum atomic E-state index is 12.7. The number of nitrogens with one attached hydrogen (secondary N) is 1. The molecule has 0 radical (unpaired) electrons. The second-order valence-electron chi connectivity index (χ2n) is 9.43. The van der Waals surface area contributed by atoms with Gasteiger partial charge in [0, 0.05) is 55.7 Å². The van der Waals surface area contributed by atoms with Crippen LogP contribution in [-0.4, -0.2) is 69.8 Å². The molecule has 0 aliphatic carbocycles. The van der Waals surface area contributed by atoms with Gasteiger partial charge in [0.15, 0.2) is 5.16 Å². The van der Waals surface area contributed by atoms with E-state index in [9.17, 15) is 14.9 Å². The number of hydrogen-bond donors (Lipinski definition) is 2. The molecule has 1 fully saturated rings. The number of amides is 2. The number of halogens is 1. The summed E-state index contributed by atoms with van der Waals surface area (Å²) in [5.41, 5.74) is 9.79. The number of nitrogens with two attached hydrogens (primary N) is 1. The number of thioether (sulfide) groups is 1. The molecule has 0 atom stereocenters. The molecule has 3 aromatic rings. The Bertz CT molecular complexity index is 1380. The summed E-state index contributed by atoms with van der Waals surface area (Å²) in [4.78, 5) is 41.9. The zero-order chi connectivity index (χ0) is 27.8. The first-order valence-electron chi connectivity index (χ1n) is 12.8. The van der Waals surface area contributed by atoms with E-state index in [4.69, 9.17) is 10.7 Å². The van der Waals surface area contributed by atoms with Crippen LogP contribution in [0.5, 0.6) is 0 Å². The Morgan fingerprint density at radius 2 is 1.80 bits per heavy atom. The number of carbonyl (C=O) groups excluding carboxylic acids is 2. The van der Waals surface area contributed by atoms with Crippen LogP contribution in [0.2, 0.25) is 0 Å². The number of aryl methyl sites for hydroxylation is 1. The van der Waals surface area contributed by atoms with Gasteiger partial charge in [0.2, 0.25) is 11.8 Å². The van der Waals surface area contributed by atoms with Gasteiger partial charge < -0.3 is 20.9 Å². The Morgan fingerprint density at radius 1 is 1.05 bits per heavy atom. The minimum Gasteiger partial charge on any atom is -0.382 e. The fraction of sp³-hybridized carbons (Fsp3) is 0.357. The highest BCUT2D eigenvalue weighted by Gasteiger charge is 2.18. The third kappa shape index (κ3) is 8.39. The smallest absolute Gasteiger partial charge is 0.223 e. The molecule has 0 spiro atoms. The predicted octanol–water partition coefficient (Wildman–Crippen LogP) is 3.76. The van der Waals surface area contributed by atoms with Crippen molar-refractivity contribution >= 4 is 47.5 Å². The van der Waals surface area contributed by atoms with Crippen molar-refractivity contribution in [2.24, 2.45) is 0 Å². The minimum atomic E-state index is -0.167. The number of likely N-dealkylation sites (N-methyl/N-ethyl adjacent to an activating group) is 1. The maximum absolute atomic E-state index is 12.7. The van der Waals surface area contributed by atoms with E-state index in [1.54, 1.807) is 24.3 Å². The quantitative estimate of drug-likeness (QED) is 0.301. The molecule has 12 heteroatoms. The Labute approximate surface area is 244 Å². The van der Waals surface area contributed by atoms with Crippen molar-refractivity contribution in [1.29, 1.82) is 5.26 Å². The first-order chi connectivity index (χ1) is 18.8. The van der Waals surface area contributed by atoms with Crippen molar-refractivity contribution in [2.45, 2.75) is 37.1 Å². The molecule has 4 rings (SSSR count). The zero-order valence-corrected chi connectivity index (χ0v) is 24.2. The number of nitrogens with zero attached hydrogens (tertiary/aromatic N) is 6. The second-order valence-corrected chi connectivity index (χ2v) is 10.4. The molecule has 0 bridgehead atoms. The van der Waals surface area contributed by atoms with Crippen LogP contribution in [0.1, 0.15) is 36.7 Å². The van der Waals surface area contributed by atoms with Crippen molar-refractivity contribution < 1.29 is 9.59 Å². The van der Waals surface area contributed by atoms with Crippen molar-refractivity contribution in [3.05, 3.63) is 59.4 Å². The molecule has 0 unspecified atom stereocenters. The van der Waals surface area contributed by atoms with Crippen LogP contribution in [0, 0.1) is 11.3 Å². The van der Waals surface area contributed by atoms with Crippen LogP contribution < -0.4 is 11.1 Å². The summed E-state index contributed by atoms with van der Waals surface area (Å²) in [6, 6.07) is 15.0. The van der Waals surface area contributed by atoms with Crippen molar-refractivity contribution in [2.75, 3.05) is 44.3 Å². The normalized spacial score (nSPS) is 13.6. The molecular weight excluding hydrogens is 548 g/mol. The van der Waals surface area contributed by atoms with Crippen LogP contribution in [0.25, 0.3) is 11.3 Å². The van der Waals surface area contributed by atoms with Crippen LogP contribution in [0.4, 0.5) is 11.5 Å². The number of rotatable bonds is 8. The Hall–Kier alpha value is -3.72. The predicted molar refractivity (Wildman–Crippen MR) is 159 cm³/mol. The fourth-order valence-corrected chi connectivity index (χ4v) is 5.09. The van der Waals surface area contributed by atoms with Gasteiger partial charge in [-0.1, -0.05) is 30.0 Å². The van der Waals surface area contributed by atoms with Crippen LogP contribution in [0.3, 0.4) is 0 Å². The van der Waals surface area contributed by atoms with Gasteiger partial charge in [0.1, 0.15) is 17.5 Å². The second kappa shape index (κ2) is 14.6. The molecule has 40 heavy (non-hydrogen) atoms. The molecule has 1 saturated heterocycles. The van der Waals surface area contributed by atoms with Gasteiger partial charge in [0.05, 0.1) is 11.4 Å². The largest absolute Gasteiger partial charge is 0.382 e. The molecule has 3 heterocycles. The lowest BCUT2D eigenvalue weighted by Crippen LogP contribution is -2.34. The summed E-state index contributed by atoms with van der Waals surface area (Å²) in [7, 11) is 2.09. The molecule has 1 aliphatic rings. The molecule has 3 N–H and O–H groups in total. The molecule has 1 aromatic carbocycles. The first-order valence-corrected chi connectivity index (χ1v) is 13.8. The molecule has 10 nitrogen and oxygen atoms in total. The summed E-state index contributed by atoms with van der Waals surface area (Å²) >= 11 is 1.37. The molecular formula is C28H33ClN8O2S. The van der Waals surface area contributed by atoms with E-state index in [1.165, 1.54) is 18.7 Å². The SMILES string of the molecule is CC(=O)Nc1ccc(-c2nc(SCc3cccc(CCC(=O)N4CCCN(C)CC4)n3)nc(N)c2C#N)cc1.Cl. The highest BCUT2D eigenvalue weighted by molar-refractivity contribution is 7.98. The Balaban J connectivity index is 0.00000441. The van der Waals surface area contributed by atoms with Gasteiger partial charge in [-0.2, -0.15) is 5.26 Å². The zero-order valence-electron chi connectivity index (χ0n) is 22.6. The van der Waals surface area contributed by atoms with E-state index >= 15 is 0 Å². The number of aromatic nitrogens is 3. The van der Waals surface area contributed by atoms with Crippen LogP contribution >= 0.6 is 24.2 Å². The Kier molecular flexibility index (Phi) is 11.3. The van der Waals surface area contributed by atoms with Gasteiger partial charge >= 0.3 is 0 Å². The highest BCUT2D eigenvalue weighted by Crippen LogP contribution is 2.29. The number of pyridine rings is 1. The third-order valence-corrected chi connectivity index (χ3v) is 7.27. The average molecular weight is 581 g/mol. The first kappa shape index (κ1) is 30.8. The molecule has 0 saturated carbocycles. The highest BCUT2D eigenvalue weighted by atomic mass is 35.5. The van der Waals surface area contributed by atoms with Gasteiger partial charge in [-0.25, -0.2) is 9.97 Å². The van der Waals surface area contributed by atoms with E-state index in [2.05, 4.69) is 33.3 Å². The van der Waals surface area contributed by atoms with Gasteiger partial charge in [-0.3, -0.25) is 14.6 Å². The van der Waals surface area contributed by atoms with Crippen molar-refractivity contribution in [1.82, 2.24) is 24.8 Å². The van der Waals surface area contributed by atoms with Gasteiger partial charge in [-0.15, -0.1) is 12.4 Å². The topological polar surface area (TPSA) is 141 Å². The van der Waals surface area contributed by atoms with Gasteiger partial charge in [-0.05, 0) is 50.7 Å². The van der Waals surface area contributed by atoms with E-state index in [1.807, 2.05) is 23.1 Å². The van der Waals surface area contributed by atoms with E-state index in [0.29, 0.717) is 40.7 Å². The monoisotopic (exact) mass is 580 g/mol. The number of nitrogen functional groups attached to an aromatic ring is 1. The molecule has 210 valence electrons. The Morgan fingerprint density at radius 3 is 2.52 bits per heavy atom. The van der Waals surface area contributed by atoms with Crippen LogP contribution in [-0.2, 0) is 21.8 Å². The number of carbonyl (C=O) groups is 2. The number of benzene rings is 1. The summed E-state index contributed by atoms with van der Waals surface area (Å²) in [5.74, 6) is 0.619. The summed E-state index contributed by atoms with van der Waals surface area (Å²) < 4.78 is 0. The standard InChI is InChI=1S/C28H32N8O2S.ClH/c1-19(37)31-22-9-7-20(8-10-22)26-24(17-29)27(30)34-28(33-26)39-18-23-6-3-5-21(32-23)11-12-25(38)36-14-4-13-35(2)15-16-36;/h3,5-10H,4,11-16,18H2,1-2H3,(H,31,37)(H2,30,33,34);1H. The lowest BCUT2D eigenvalue weighted by molar-refractivity contribution is -0.131. The summed E-state index contributed by atoms with van der Waals surface area (Å²) in [5, 5.41) is 12.8. The lowest BCUT2D eigenvalue weighted by Gasteiger charge is -2.20. The van der Waals surface area contributed by atoms with E-state index < -0.39 is 0 Å². The maximum Gasteiger partial charge on any atom is 0.223 e. The molecule has 2 amide bonds. The third-order valence-electron chi connectivity index (χ3n) is 6.39. The number of anilines is 2. The van der Waals surface area contributed by atoms with E-state index in [0.717, 1.165) is 44.0 Å². The fourth-order valence-electron chi connectivity index (χ4n) is 4.33. The van der Waals surface area contributed by atoms with Crippen molar-refractivity contribution in [3.63, 3.8) is 0 Å². The van der Waals surface area contributed by atoms with Crippen molar-refractivity contribution in [3.8, 4) is 17.3 Å². The summed E-state index contributed by atoms with van der Waals surface area (Å²) in [6.45, 7) is 4.95. The van der Waals surface area contributed by atoms with Crippen LogP contribution in [0.15, 0.2) is 47.6 Å². The van der Waals surface area contributed by atoms with E-state index in [-0.39, 0.29) is 35.6 Å². The number of nitriles is 1. The molecule has 1 aliphatic heterocycles. The lowest BCUT2D eigenvalue weighted by atomic mass is 10.1. The number of hydrogen-bond acceptors (Lipinski definition) is 9. The minimum absolute atomic E-state index is 0. The average Bonchev–Trinajstić information content (AvgIpc) is 3.15.